The molecule has 0 bridgehead atoms. The van der Waals surface area contributed by atoms with Crippen molar-refractivity contribution >= 4 is 11.8 Å². The lowest BCUT2D eigenvalue weighted by molar-refractivity contribution is -1.02. The molecule has 29 heavy (non-hydrogen) atoms. The fourth-order valence-corrected chi connectivity index (χ4v) is 3.80. The normalized spacial score (nSPS) is 19.1. The summed E-state index contributed by atoms with van der Waals surface area (Å²) in [6.07, 6.45) is 0. The quantitative estimate of drug-likeness (QED) is 0.575. The van der Waals surface area contributed by atoms with E-state index in [9.17, 15) is 4.79 Å². The Morgan fingerprint density at radius 1 is 1.00 bits per heavy atom. The molecule has 2 heterocycles. The number of quaternary nitrogens is 2. The Morgan fingerprint density at radius 2 is 1.69 bits per heavy atom. The fourth-order valence-electron chi connectivity index (χ4n) is 3.80. The van der Waals surface area contributed by atoms with Gasteiger partial charge in [0, 0.05) is 17.2 Å². The van der Waals surface area contributed by atoms with Gasteiger partial charge in [0.2, 0.25) is 5.88 Å². The molecular weight excluding hydrogens is 364 g/mol. The highest BCUT2D eigenvalue weighted by atomic mass is 16.5. The third kappa shape index (κ3) is 5.31. The molecule has 0 unspecified atom stereocenters. The van der Waals surface area contributed by atoms with E-state index in [-0.39, 0.29) is 5.91 Å². The van der Waals surface area contributed by atoms with Crippen LogP contribution in [0.15, 0.2) is 65.2 Å². The van der Waals surface area contributed by atoms with Gasteiger partial charge in [0.15, 0.2) is 6.54 Å². The minimum absolute atomic E-state index is 0.0295. The van der Waals surface area contributed by atoms with Crippen LogP contribution in [0.4, 0.5) is 5.88 Å². The lowest BCUT2D eigenvalue weighted by atomic mass is 10.1. The van der Waals surface area contributed by atoms with Gasteiger partial charge in [-0.05, 0) is 6.92 Å². The summed E-state index contributed by atoms with van der Waals surface area (Å²) in [6.45, 7) is 7.72. The molecule has 1 amide bonds. The molecule has 1 aromatic heterocycles. The number of amides is 1. The maximum absolute atomic E-state index is 12.4. The molecule has 6 nitrogen and oxygen atoms in total. The molecule has 1 aliphatic heterocycles. The van der Waals surface area contributed by atoms with Crippen molar-refractivity contribution in [2.24, 2.45) is 0 Å². The number of carbonyl (C=O) groups is 1. The Morgan fingerprint density at radius 3 is 2.41 bits per heavy atom. The smallest absolute Gasteiger partial charge is 0.281 e. The van der Waals surface area contributed by atoms with Gasteiger partial charge in [-0.25, -0.2) is 0 Å². The van der Waals surface area contributed by atoms with Crippen LogP contribution in [0.1, 0.15) is 11.1 Å². The molecule has 1 aliphatic rings. The van der Waals surface area contributed by atoms with Crippen molar-refractivity contribution in [1.29, 1.82) is 0 Å². The van der Waals surface area contributed by atoms with Crippen molar-refractivity contribution in [3.05, 3.63) is 71.8 Å². The minimum atomic E-state index is -0.0295. The number of aryl methyl sites for hydroxylation is 1. The van der Waals surface area contributed by atoms with E-state index in [0.717, 1.165) is 44.0 Å². The molecule has 150 valence electrons. The van der Waals surface area contributed by atoms with E-state index < -0.39 is 0 Å². The first-order chi connectivity index (χ1) is 14.2. The Kier molecular flexibility index (Phi) is 6.03. The molecule has 6 heteroatoms. The van der Waals surface area contributed by atoms with E-state index in [1.807, 2.05) is 31.2 Å². The number of carbonyl (C=O) groups excluding carboxylic acids is 1. The van der Waals surface area contributed by atoms with E-state index in [1.54, 1.807) is 11.0 Å². The maximum Gasteiger partial charge on any atom is 0.281 e. The predicted molar refractivity (Wildman–Crippen MR) is 112 cm³/mol. The molecule has 4 rings (SSSR count). The van der Waals surface area contributed by atoms with Crippen LogP contribution in [-0.4, -0.2) is 43.8 Å². The molecule has 3 aromatic rings. The number of aromatic nitrogens is 1. The van der Waals surface area contributed by atoms with Gasteiger partial charge in [-0.2, -0.15) is 0 Å². The van der Waals surface area contributed by atoms with Crippen LogP contribution < -0.4 is 15.1 Å². The van der Waals surface area contributed by atoms with E-state index in [4.69, 9.17) is 4.52 Å². The van der Waals surface area contributed by atoms with Crippen LogP contribution in [0, 0.1) is 6.92 Å². The number of rotatable bonds is 6. The highest BCUT2D eigenvalue weighted by molar-refractivity contribution is 5.90. The van der Waals surface area contributed by atoms with E-state index >= 15 is 0 Å². The van der Waals surface area contributed by atoms with Gasteiger partial charge in [0.05, 0.1) is 0 Å². The Labute approximate surface area is 171 Å². The molecular formula is C23H28N4O2+2. The largest absolute Gasteiger partial charge is 0.338 e. The van der Waals surface area contributed by atoms with E-state index in [0.29, 0.717) is 12.4 Å². The van der Waals surface area contributed by atoms with Crippen molar-refractivity contribution in [2.45, 2.75) is 13.5 Å². The van der Waals surface area contributed by atoms with Crippen LogP contribution in [0.2, 0.25) is 0 Å². The molecule has 3 N–H and O–H groups in total. The van der Waals surface area contributed by atoms with Crippen molar-refractivity contribution in [3.8, 4) is 11.3 Å². The van der Waals surface area contributed by atoms with Crippen LogP contribution in [0.5, 0.6) is 0 Å². The summed E-state index contributed by atoms with van der Waals surface area (Å²) in [5, 5.41) is 6.91. The summed E-state index contributed by atoms with van der Waals surface area (Å²) in [5.41, 5.74) is 4.27. The number of nitrogens with one attached hydrogen (secondary N) is 3. The van der Waals surface area contributed by atoms with Gasteiger partial charge in [0.25, 0.3) is 5.91 Å². The number of hydrogen-bond acceptors (Lipinski definition) is 3. The van der Waals surface area contributed by atoms with Crippen molar-refractivity contribution in [3.63, 3.8) is 0 Å². The summed E-state index contributed by atoms with van der Waals surface area (Å²) >= 11 is 0. The first-order valence-electron chi connectivity index (χ1n) is 10.2. The standard InChI is InChI=1S/C23H26N4O2/c1-18-7-9-20(10-8-18)21-15-23(29-25-21)24-22(28)17-27-13-11-26(12-14-27)16-19-5-3-2-4-6-19/h2-10,15H,11-14,16-17H2,1H3,(H,24,28)/p+2. The predicted octanol–water partition coefficient (Wildman–Crippen LogP) is 0.572. The minimum Gasteiger partial charge on any atom is -0.338 e. The number of piperazine rings is 1. The third-order valence-electron chi connectivity index (χ3n) is 5.49. The van der Waals surface area contributed by atoms with Crippen LogP contribution in [0.3, 0.4) is 0 Å². The van der Waals surface area contributed by atoms with Crippen molar-refractivity contribution in [1.82, 2.24) is 5.16 Å². The maximum atomic E-state index is 12.4. The van der Waals surface area contributed by atoms with E-state index in [1.165, 1.54) is 16.0 Å². The van der Waals surface area contributed by atoms with Crippen molar-refractivity contribution < 1.29 is 19.1 Å². The third-order valence-corrected chi connectivity index (χ3v) is 5.49. The van der Waals surface area contributed by atoms with Crippen LogP contribution >= 0.6 is 0 Å². The van der Waals surface area contributed by atoms with Gasteiger partial charge < -0.3 is 14.3 Å². The number of nitrogens with zero attached hydrogens (tertiary/aromatic N) is 1. The zero-order valence-electron chi connectivity index (χ0n) is 16.8. The van der Waals surface area contributed by atoms with Gasteiger partial charge in [-0.1, -0.05) is 65.3 Å². The topological polar surface area (TPSA) is 64.0 Å². The molecule has 1 fully saturated rings. The number of anilines is 1. The first-order valence-corrected chi connectivity index (χ1v) is 10.2. The van der Waals surface area contributed by atoms with Gasteiger partial charge in [-0.15, -0.1) is 0 Å². The first kappa shape index (κ1) is 19.4. The summed E-state index contributed by atoms with van der Waals surface area (Å²) in [4.78, 5) is 15.3. The summed E-state index contributed by atoms with van der Waals surface area (Å²) in [5.74, 6) is 0.372. The van der Waals surface area contributed by atoms with Crippen molar-refractivity contribution in [2.75, 3.05) is 38.0 Å². The van der Waals surface area contributed by atoms with E-state index in [2.05, 4.69) is 40.8 Å². The number of benzene rings is 2. The summed E-state index contributed by atoms with van der Waals surface area (Å²) in [7, 11) is 0. The Balaban J connectivity index is 1.24. The summed E-state index contributed by atoms with van der Waals surface area (Å²) in [6, 6.07) is 20.4. The molecule has 0 atom stereocenters. The molecule has 0 saturated carbocycles. The zero-order chi connectivity index (χ0) is 20.1. The highest BCUT2D eigenvalue weighted by Crippen LogP contribution is 2.21. The van der Waals surface area contributed by atoms with Crippen LogP contribution in [-0.2, 0) is 11.3 Å². The second kappa shape index (κ2) is 9.03. The average Bonchev–Trinajstić information content (AvgIpc) is 3.19. The Hall–Kier alpha value is -2.96. The molecule has 0 radical (unpaired) electrons. The zero-order valence-corrected chi connectivity index (χ0v) is 16.8. The van der Waals surface area contributed by atoms with Gasteiger partial charge >= 0.3 is 0 Å². The molecule has 1 saturated heterocycles. The second-order valence-electron chi connectivity index (χ2n) is 7.83. The molecule has 0 spiro atoms. The number of hydrogen-bond donors (Lipinski definition) is 3. The van der Waals surface area contributed by atoms with Gasteiger partial charge in [-0.3, -0.25) is 10.1 Å². The SMILES string of the molecule is Cc1ccc(-c2cc(NC(=O)C[NH+]3CC[NH+](Cc4ccccc4)CC3)on2)cc1. The lowest BCUT2D eigenvalue weighted by Gasteiger charge is -2.29. The lowest BCUT2D eigenvalue weighted by Crippen LogP contribution is -3.28. The monoisotopic (exact) mass is 392 g/mol. The van der Waals surface area contributed by atoms with Gasteiger partial charge in [0.1, 0.15) is 38.4 Å². The average molecular weight is 393 g/mol. The summed E-state index contributed by atoms with van der Waals surface area (Å²) < 4.78 is 5.30. The molecule has 0 aliphatic carbocycles. The fraction of sp³-hybridized carbons (Fsp3) is 0.304. The Bertz CT molecular complexity index is 929. The second-order valence-corrected chi connectivity index (χ2v) is 7.83. The molecule has 2 aromatic carbocycles. The van der Waals surface area contributed by atoms with Crippen LogP contribution in [0.25, 0.3) is 11.3 Å². The highest BCUT2D eigenvalue weighted by Gasteiger charge is 2.25.